The summed E-state index contributed by atoms with van der Waals surface area (Å²) in [7, 11) is 2.83. The molecule has 2 aromatic carbocycles. The molecule has 0 spiro atoms. The molecule has 0 saturated heterocycles. The van der Waals surface area contributed by atoms with Crippen LogP contribution in [0.3, 0.4) is 0 Å². The fraction of sp³-hybridized carbons (Fsp3) is 0.176. The predicted molar refractivity (Wildman–Crippen MR) is 91.5 cm³/mol. The van der Waals surface area contributed by atoms with Gasteiger partial charge in [0.15, 0.2) is 6.61 Å². The third kappa shape index (κ3) is 5.14. The molecular weight excluding hydrogens is 363 g/mol. The van der Waals surface area contributed by atoms with Crippen molar-refractivity contribution in [1.82, 2.24) is 0 Å². The summed E-state index contributed by atoms with van der Waals surface area (Å²) in [6.07, 6.45) is 0. The molecule has 27 heavy (non-hydrogen) atoms. The molecule has 9 nitrogen and oxygen atoms in total. The molecule has 2 rings (SSSR count). The van der Waals surface area contributed by atoms with E-state index >= 15 is 0 Å². The fourth-order valence-corrected chi connectivity index (χ4v) is 2.07. The van der Waals surface area contributed by atoms with E-state index in [4.69, 9.17) is 14.2 Å². The molecule has 0 aromatic heterocycles. The molecule has 0 bridgehead atoms. The summed E-state index contributed by atoms with van der Waals surface area (Å²) in [5.74, 6) is -1.85. The summed E-state index contributed by atoms with van der Waals surface area (Å²) in [6.45, 7) is -0.649. The van der Waals surface area contributed by atoms with E-state index in [0.29, 0.717) is 11.5 Å². The molecule has 0 atom stereocenters. The number of hydrogen-bond donors (Lipinski definition) is 1. The van der Waals surface area contributed by atoms with Crippen LogP contribution in [-0.2, 0) is 9.53 Å². The lowest BCUT2D eigenvalue weighted by atomic mass is 10.2. The van der Waals surface area contributed by atoms with Gasteiger partial charge in [-0.2, -0.15) is 4.39 Å². The Morgan fingerprint density at radius 2 is 1.74 bits per heavy atom. The Kier molecular flexibility index (Phi) is 6.26. The summed E-state index contributed by atoms with van der Waals surface area (Å²) in [5.41, 5.74) is -0.683. The van der Waals surface area contributed by atoms with Gasteiger partial charge >= 0.3 is 11.7 Å². The molecule has 0 aliphatic rings. The second kappa shape index (κ2) is 8.61. The molecule has 0 fully saturated rings. The van der Waals surface area contributed by atoms with Gasteiger partial charge in [-0.25, -0.2) is 4.79 Å². The zero-order valence-corrected chi connectivity index (χ0v) is 14.4. The van der Waals surface area contributed by atoms with Crippen molar-refractivity contribution in [2.75, 3.05) is 26.1 Å². The number of ether oxygens (including phenoxy) is 3. The van der Waals surface area contributed by atoms with Gasteiger partial charge in [-0.05, 0) is 24.3 Å². The predicted octanol–water partition coefficient (Wildman–Crippen LogP) is 2.55. The third-order valence-corrected chi connectivity index (χ3v) is 3.35. The van der Waals surface area contributed by atoms with Crippen LogP contribution in [0.15, 0.2) is 36.4 Å². The van der Waals surface area contributed by atoms with E-state index in [0.717, 1.165) is 18.2 Å². The van der Waals surface area contributed by atoms with Crippen LogP contribution in [0.1, 0.15) is 10.4 Å². The molecule has 142 valence electrons. The van der Waals surface area contributed by atoms with Crippen molar-refractivity contribution in [3.05, 3.63) is 57.9 Å². The highest BCUT2D eigenvalue weighted by Gasteiger charge is 2.17. The zero-order valence-electron chi connectivity index (χ0n) is 14.4. The highest BCUT2D eigenvalue weighted by molar-refractivity contribution is 5.96. The number of nitrogens with one attached hydrogen (secondary N) is 1. The number of nitrogens with zero attached hydrogens (tertiary/aromatic N) is 1. The molecule has 0 heterocycles. The van der Waals surface area contributed by atoms with Crippen LogP contribution >= 0.6 is 0 Å². The number of benzene rings is 2. The number of rotatable bonds is 7. The van der Waals surface area contributed by atoms with Crippen LogP contribution in [0, 0.1) is 15.9 Å². The Labute approximate surface area is 152 Å². The van der Waals surface area contributed by atoms with E-state index in [1.54, 1.807) is 6.07 Å². The average molecular weight is 378 g/mol. The number of hydrogen-bond acceptors (Lipinski definition) is 7. The molecule has 0 saturated carbocycles. The highest BCUT2D eigenvalue weighted by atomic mass is 19.1. The summed E-state index contributed by atoms with van der Waals surface area (Å²) in [6, 6.07) is 7.24. The minimum atomic E-state index is -1.03. The Balaban J connectivity index is 2.00. The fourth-order valence-electron chi connectivity index (χ4n) is 2.07. The van der Waals surface area contributed by atoms with Gasteiger partial charge in [-0.15, -0.1) is 0 Å². The Hall–Kier alpha value is -3.69. The molecule has 1 amide bonds. The summed E-state index contributed by atoms with van der Waals surface area (Å²) in [4.78, 5) is 33.7. The van der Waals surface area contributed by atoms with Gasteiger partial charge in [-0.1, -0.05) is 0 Å². The van der Waals surface area contributed by atoms with Crippen molar-refractivity contribution < 1.29 is 33.1 Å². The minimum absolute atomic E-state index is 0.00722. The summed E-state index contributed by atoms with van der Waals surface area (Å²) < 4.78 is 28.3. The zero-order chi connectivity index (χ0) is 20.0. The molecule has 0 aliphatic heterocycles. The molecule has 0 radical (unpaired) electrons. The van der Waals surface area contributed by atoms with Crippen LogP contribution < -0.4 is 14.8 Å². The van der Waals surface area contributed by atoms with Crippen molar-refractivity contribution in [2.45, 2.75) is 0 Å². The monoisotopic (exact) mass is 378 g/mol. The van der Waals surface area contributed by atoms with Crippen molar-refractivity contribution in [1.29, 1.82) is 0 Å². The van der Waals surface area contributed by atoms with E-state index < -0.39 is 34.9 Å². The van der Waals surface area contributed by atoms with Crippen molar-refractivity contribution in [3.8, 4) is 11.5 Å². The lowest BCUT2D eigenvalue weighted by Crippen LogP contribution is -2.21. The van der Waals surface area contributed by atoms with Gasteiger partial charge < -0.3 is 19.5 Å². The lowest BCUT2D eigenvalue weighted by molar-refractivity contribution is -0.387. The van der Waals surface area contributed by atoms with Gasteiger partial charge in [0, 0.05) is 17.8 Å². The first-order valence-corrected chi connectivity index (χ1v) is 7.48. The number of amides is 1. The first-order valence-electron chi connectivity index (χ1n) is 7.48. The van der Waals surface area contributed by atoms with Crippen molar-refractivity contribution in [2.24, 2.45) is 0 Å². The van der Waals surface area contributed by atoms with Gasteiger partial charge in [0.05, 0.1) is 24.7 Å². The van der Waals surface area contributed by atoms with E-state index in [1.807, 2.05) is 0 Å². The van der Waals surface area contributed by atoms with Crippen molar-refractivity contribution >= 4 is 23.3 Å². The second-order valence-corrected chi connectivity index (χ2v) is 5.15. The molecule has 2 aromatic rings. The first kappa shape index (κ1) is 19.6. The second-order valence-electron chi connectivity index (χ2n) is 5.15. The van der Waals surface area contributed by atoms with Gasteiger partial charge in [0.1, 0.15) is 11.5 Å². The van der Waals surface area contributed by atoms with Gasteiger partial charge in [-0.3, -0.25) is 14.9 Å². The van der Waals surface area contributed by atoms with E-state index in [9.17, 15) is 24.1 Å². The molecule has 1 N–H and O–H groups in total. The number of nitro benzene ring substituents is 1. The molecule has 0 aliphatic carbocycles. The minimum Gasteiger partial charge on any atom is -0.497 e. The number of esters is 1. The molecular formula is C17H15FN2O7. The largest absolute Gasteiger partial charge is 0.497 e. The highest BCUT2D eigenvalue weighted by Crippen LogP contribution is 2.23. The maximum Gasteiger partial charge on any atom is 0.338 e. The number of nitro groups is 1. The average Bonchev–Trinajstić information content (AvgIpc) is 2.66. The molecule has 0 unspecified atom stereocenters. The lowest BCUT2D eigenvalue weighted by Gasteiger charge is -2.09. The van der Waals surface area contributed by atoms with Crippen LogP contribution in [0.2, 0.25) is 0 Å². The van der Waals surface area contributed by atoms with E-state index in [1.165, 1.54) is 26.4 Å². The summed E-state index contributed by atoms with van der Waals surface area (Å²) in [5, 5.41) is 13.0. The normalized spacial score (nSPS) is 10.0. The topological polar surface area (TPSA) is 117 Å². The maximum atomic E-state index is 13.3. The smallest absolute Gasteiger partial charge is 0.338 e. The first-order chi connectivity index (χ1) is 12.8. The van der Waals surface area contributed by atoms with Crippen molar-refractivity contribution in [3.63, 3.8) is 0 Å². The standard InChI is InChI=1S/C17H15FN2O7/c1-25-12-5-10(6-13(8-12)26-2)17(22)27-9-16(21)19-11-3-4-14(18)15(7-11)20(23)24/h3-8H,9H2,1-2H3,(H,19,21). The number of methoxy groups -OCH3 is 2. The number of anilines is 1. The Bertz CT molecular complexity index is 863. The number of carbonyl (C=O) groups is 2. The number of halogens is 1. The third-order valence-electron chi connectivity index (χ3n) is 3.35. The van der Waals surface area contributed by atoms with Gasteiger partial charge in [0.2, 0.25) is 5.82 Å². The SMILES string of the molecule is COc1cc(OC)cc(C(=O)OCC(=O)Nc2ccc(F)c([N+](=O)[O-])c2)c1. The van der Waals surface area contributed by atoms with Gasteiger partial charge in [0.25, 0.3) is 5.91 Å². The van der Waals surface area contributed by atoms with E-state index in [-0.39, 0.29) is 11.3 Å². The van der Waals surface area contributed by atoms with Crippen LogP contribution in [0.4, 0.5) is 15.8 Å². The van der Waals surface area contributed by atoms with Crippen LogP contribution in [0.5, 0.6) is 11.5 Å². The maximum absolute atomic E-state index is 13.3. The van der Waals surface area contributed by atoms with Crippen LogP contribution in [0.25, 0.3) is 0 Å². The van der Waals surface area contributed by atoms with E-state index in [2.05, 4.69) is 5.32 Å². The Morgan fingerprint density at radius 3 is 2.30 bits per heavy atom. The number of carbonyl (C=O) groups excluding carboxylic acids is 2. The Morgan fingerprint density at radius 1 is 1.11 bits per heavy atom. The molecule has 10 heteroatoms. The summed E-state index contributed by atoms with van der Waals surface area (Å²) >= 11 is 0. The quantitative estimate of drug-likeness (QED) is 0.447. The van der Waals surface area contributed by atoms with Crippen LogP contribution in [-0.4, -0.2) is 37.6 Å².